The molecule has 0 aliphatic heterocycles. The molecular weight excluding hydrogens is 346 g/mol. The predicted molar refractivity (Wildman–Crippen MR) is 115 cm³/mol. The summed E-state index contributed by atoms with van der Waals surface area (Å²) in [5, 5.41) is 13.9. The van der Waals surface area contributed by atoms with Crippen LogP contribution in [0, 0.1) is 11.8 Å². The fraction of sp³-hybridized carbons (Fsp3) is 0.480. The Morgan fingerprint density at radius 2 is 1.75 bits per heavy atom. The molecule has 1 fully saturated rings. The molecule has 0 aromatic heterocycles. The number of benzene rings is 2. The van der Waals surface area contributed by atoms with Crippen LogP contribution in [0.3, 0.4) is 0 Å². The number of aliphatic hydroxyl groups excluding tert-OH is 1. The normalized spacial score (nSPS) is 17.2. The molecule has 0 heterocycles. The van der Waals surface area contributed by atoms with Crippen molar-refractivity contribution < 1.29 is 9.90 Å². The Balaban J connectivity index is 1.67. The molecule has 1 aliphatic carbocycles. The maximum atomic E-state index is 13.0. The van der Waals surface area contributed by atoms with Crippen LogP contribution in [0.2, 0.25) is 0 Å². The van der Waals surface area contributed by atoms with Gasteiger partial charge < -0.3 is 10.4 Å². The molecular formula is C25H33NO2. The molecule has 1 aliphatic rings. The Hall–Kier alpha value is -1.97. The van der Waals surface area contributed by atoms with Crippen LogP contribution in [0.5, 0.6) is 0 Å². The number of rotatable bonds is 9. The van der Waals surface area contributed by atoms with Crippen LogP contribution < -0.4 is 5.32 Å². The van der Waals surface area contributed by atoms with Crippen LogP contribution in [-0.2, 0) is 0 Å². The second kappa shape index (κ2) is 10.5. The van der Waals surface area contributed by atoms with Crippen LogP contribution in [-0.4, -0.2) is 24.5 Å². The first-order chi connectivity index (χ1) is 13.7. The first kappa shape index (κ1) is 20.8. The smallest absolute Gasteiger partial charge is 0.163 e. The Labute approximate surface area is 169 Å². The molecule has 3 heteroatoms. The quantitative estimate of drug-likeness (QED) is 0.593. The number of carbonyl (C=O) groups is 1. The highest BCUT2D eigenvalue weighted by molar-refractivity contribution is 5.96. The first-order valence-electron chi connectivity index (χ1n) is 10.7. The Bertz CT molecular complexity index is 737. The number of nitrogens with one attached hydrogen (secondary N) is 1. The first-order valence-corrected chi connectivity index (χ1v) is 10.7. The van der Waals surface area contributed by atoms with E-state index in [-0.39, 0.29) is 5.78 Å². The Morgan fingerprint density at radius 1 is 1.04 bits per heavy atom. The van der Waals surface area contributed by atoms with Crippen LogP contribution >= 0.6 is 0 Å². The molecule has 1 unspecified atom stereocenters. The molecule has 2 atom stereocenters. The van der Waals surface area contributed by atoms with Gasteiger partial charge in [-0.05, 0) is 49.0 Å². The second-order valence-corrected chi connectivity index (χ2v) is 8.23. The standard InChI is InChI=1S/C25H33NO2/c1-26-18-20(15-19-9-4-2-5-10-19)16-24(27)22-13-8-14-23(17-22)25(28)21-11-6-3-7-12-21/h3,6-8,11-14,17,19-20,25-26,28H,2,4-5,9-10,15-16,18H2,1H3/t20-,25?/m1/s1. The highest BCUT2D eigenvalue weighted by atomic mass is 16.3. The summed E-state index contributed by atoms with van der Waals surface area (Å²) in [5.41, 5.74) is 2.32. The average Bonchev–Trinajstić information content (AvgIpc) is 2.75. The van der Waals surface area contributed by atoms with Crippen molar-refractivity contribution in [2.45, 2.75) is 51.0 Å². The summed E-state index contributed by atoms with van der Waals surface area (Å²) in [6, 6.07) is 17.1. The number of aliphatic hydroxyl groups is 1. The van der Waals surface area contributed by atoms with Gasteiger partial charge in [0.05, 0.1) is 0 Å². The summed E-state index contributed by atoms with van der Waals surface area (Å²) >= 11 is 0. The van der Waals surface area contributed by atoms with E-state index in [0.717, 1.165) is 30.0 Å². The van der Waals surface area contributed by atoms with Gasteiger partial charge >= 0.3 is 0 Å². The topological polar surface area (TPSA) is 49.3 Å². The number of ketones is 1. The summed E-state index contributed by atoms with van der Waals surface area (Å²) in [4.78, 5) is 13.0. The van der Waals surface area contributed by atoms with Crippen molar-refractivity contribution in [1.29, 1.82) is 0 Å². The van der Waals surface area contributed by atoms with Crippen LogP contribution in [0.1, 0.15) is 72.5 Å². The number of Topliss-reactive ketones (excluding diaryl/α,β-unsaturated/α-hetero) is 1. The van der Waals surface area contributed by atoms with Gasteiger partial charge in [-0.15, -0.1) is 0 Å². The van der Waals surface area contributed by atoms with Crippen molar-refractivity contribution >= 4 is 5.78 Å². The van der Waals surface area contributed by atoms with E-state index >= 15 is 0 Å². The Kier molecular flexibility index (Phi) is 7.81. The molecule has 0 bridgehead atoms. The fourth-order valence-electron chi connectivity index (χ4n) is 4.51. The van der Waals surface area contributed by atoms with Gasteiger partial charge in [-0.1, -0.05) is 80.6 Å². The summed E-state index contributed by atoms with van der Waals surface area (Å²) < 4.78 is 0. The van der Waals surface area contributed by atoms with Crippen LogP contribution in [0.15, 0.2) is 54.6 Å². The molecule has 3 rings (SSSR count). The monoisotopic (exact) mass is 379 g/mol. The van der Waals surface area contributed by atoms with Crippen molar-refractivity contribution in [3.8, 4) is 0 Å². The summed E-state index contributed by atoms with van der Waals surface area (Å²) in [6.07, 6.45) is 7.67. The van der Waals surface area contributed by atoms with Gasteiger partial charge in [0.25, 0.3) is 0 Å². The number of hydrogen-bond acceptors (Lipinski definition) is 3. The van der Waals surface area contributed by atoms with E-state index in [1.54, 1.807) is 0 Å². The molecule has 0 radical (unpaired) electrons. The van der Waals surface area contributed by atoms with Crippen molar-refractivity contribution in [1.82, 2.24) is 5.32 Å². The van der Waals surface area contributed by atoms with Gasteiger partial charge in [-0.25, -0.2) is 0 Å². The van der Waals surface area contributed by atoms with Crippen molar-refractivity contribution in [2.24, 2.45) is 11.8 Å². The van der Waals surface area contributed by atoms with E-state index in [4.69, 9.17) is 0 Å². The van der Waals surface area contributed by atoms with Gasteiger partial charge in [-0.3, -0.25) is 4.79 Å². The van der Waals surface area contributed by atoms with E-state index in [1.807, 2.05) is 61.6 Å². The molecule has 0 spiro atoms. The van der Waals surface area contributed by atoms with Gasteiger partial charge in [0.2, 0.25) is 0 Å². The SMILES string of the molecule is CNC[C@@H](CC(=O)c1cccc(C(O)c2ccccc2)c1)CC1CCCCC1. The lowest BCUT2D eigenvalue weighted by atomic mass is 9.81. The molecule has 0 amide bonds. The number of carbonyl (C=O) groups excluding carboxylic acids is 1. The van der Waals surface area contributed by atoms with Gasteiger partial charge in [-0.2, -0.15) is 0 Å². The largest absolute Gasteiger partial charge is 0.384 e. The van der Waals surface area contributed by atoms with Crippen molar-refractivity contribution in [3.05, 3.63) is 71.3 Å². The zero-order valence-corrected chi connectivity index (χ0v) is 16.9. The van der Waals surface area contributed by atoms with Crippen LogP contribution in [0.4, 0.5) is 0 Å². The van der Waals surface area contributed by atoms with Crippen molar-refractivity contribution in [3.63, 3.8) is 0 Å². The lowest BCUT2D eigenvalue weighted by molar-refractivity contribution is 0.0951. The molecule has 1 saturated carbocycles. The van der Waals surface area contributed by atoms with E-state index in [1.165, 1.54) is 32.1 Å². The summed E-state index contributed by atoms with van der Waals surface area (Å²) in [5.74, 6) is 1.33. The molecule has 150 valence electrons. The van der Waals surface area contributed by atoms with Gasteiger partial charge in [0.15, 0.2) is 5.78 Å². The molecule has 2 aromatic carbocycles. The van der Waals surface area contributed by atoms with E-state index in [2.05, 4.69) is 5.32 Å². The van der Waals surface area contributed by atoms with E-state index < -0.39 is 6.10 Å². The fourth-order valence-corrected chi connectivity index (χ4v) is 4.51. The van der Waals surface area contributed by atoms with Gasteiger partial charge in [0, 0.05) is 12.0 Å². The minimum atomic E-state index is -0.704. The van der Waals surface area contributed by atoms with Crippen LogP contribution in [0.25, 0.3) is 0 Å². The third-order valence-corrected chi connectivity index (χ3v) is 6.00. The van der Waals surface area contributed by atoms with E-state index in [0.29, 0.717) is 17.9 Å². The second-order valence-electron chi connectivity index (χ2n) is 8.23. The summed E-state index contributed by atoms with van der Waals surface area (Å²) in [7, 11) is 1.97. The average molecular weight is 380 g/mol. The molecule has 2 aromatic rings. The maximum Gasteiger partial charge on any atom is 0.163 e. The lowest BCUT2D eigenvalue weighted by Crippen LogP contribution is -2.25. The zero-order chi connectivity index (χ0) is 19.8. The minimum absolute atomic E-state index is 0.179. The van der Waals surface area contributed by atoms with E-state index in [9.17, 15) is 9.90 Å². The predicted octanol–water partition coefficient (Wildman–Crippen LogP) is 5.15. The van der Waals surface area contributed by atoms with Crippen molar-refractivity contribution in [2.75, 3.05) is 13.6 Å². The molecule has 28 heavy (non-hydrogen) atoms. The Morgan fingerprint density at radius 3 is 2.46 bits per heavy atom. The third kappa shape index (κ3) is 5.76. The molecule has 0 saturated heterocycles. The van der Waals surface area contributed by atoms with Gasteiger partial charge in [0.1, 0.15) is 6.10 Å². The molecule has 2 N–H and O–H groups in total. The number of hydrogen-bond donors (Lipinski definition) is 2. The lowest BCUT2D eigenvalue weighted by Gasteiger charge is -2.26. The third-order valence-electron chi connectivity index (χ3n) is 6.00. The minimum Gasteiger partial charge on any atom is -0.384 e. The summed E-state index contributed by atoms with van der Waals surface area (Å²) in [6.45, 7) is 0.884. The molecule has 3 nitrogen and oxygen atoms in total. The highest BCUT2D eigenvalue weighted by Crippen LogP contribution is 2.31. The zero-order valence-electron chi connectivity index (χ0n) is 16.9. The maximum absolute atomic E-state index is 13.0. The highest BCUT2D eigenvalue weighted by Gasteiger charge is 2.22.